The fourth-order valence-corrected chi connectivity index (χ4v) is 3.82. The van der Waals surface area contributed by atoms with Crippen molar-refractivity contribution in [3.63, 3.8) is 0 Å². The van der Waals surface area contributed by atoms with Crippen LogP contribution in [-0.2, 0) is 17.8 Å². The number of imidazole rings is 1. The largest absolute Gasteiger partial charge is 0.333 e. The zero-order valence-corrected chi connectivity index (χ0v) is 15.8. The molecular weight excluding hydrogens is 336 g/mol. The molecule has 2 heterocycles. The number of nitrogens with one attached hydrogen (secondary N) is 1. The normalized spacial score (nSPS) is 17.4. The van der Waals surface area contributed by atoms with E-state index in [-0.39, 0.29) is 11.9 Å². The number of hydrogen-bond donors (Lipinski definition) is 1. The maximum atomic E-state index is 13.0. The van der Waals surface area contributed by atoms with Crippen LogP contribution in [0.25, 0.3) is 11.0 Å². The Hall–Kier alpha value is -2.66. The first-order valence-corrected chi connectivity index (χ1v) is 9.75. The smallest absolute Gasteiger partial charge is 0.224 e. The Kier molecular flexibility index (Phi) is 5.21. The van der Waals surface area contributed by atoms with E-state index in [1.165, 1.54) is 11.1 Å². The van der Waals surface area contributed by atoms with Gasteiger partial charge in [-0.2, -0.15) is 0 Å². The van der Waals surface area contributed by atoms with Crippen molar-refractivity contribution in [2.45, 2.75) is 32.4 Å². The van der Waals surface area contributed by atoms with Gasteiger partial charge in [0.2, 0.25) is 5.91 Å². The van der Waals surface area contributed by atoms with E-state index in [1.807, 2.05) is 29.4 Å². The monoisotopic (exact) mass is 362 g/mol. The van der Waals surface area contributed by atoms with Crippen molar-refractivity contribution in [2.75, 3.05) is 19.6 Å². The lowest BCUT2D eigenvalue weighted by Crippen LogP contribution is -2.48. The number of fused-ring (bicyclic) bond motifs is 1. The van der Waals surface area contributed by atoms with E-state index in [1.54, 1.807) is 0 Å². The standard InChI is InChI=1S/C22H26N4O/c1-2-17-7-9-18(10-8-17)21-15-23-12-14-26(21)22(27)11-13-25-16-24-19-5-3-4-6-20(19)25/h3-10,16,21,23H,2,11-15H2,1H3. The van der Waals surface area contributed by atoms with Gasteiger partial charge in [0.15, 0.2) is 0 Å². The van der Waals surface area contributed by atoms with Crippen molar-refractivity contribution in [1.29, 1.82) is 0 Å². The molecule has 140 valence electrons. The molecule has 1 fully saturated rings. The average molecular weight is 362 g/mol. The van der Waals surface area contributed by atoms with Gasteiger partial charge in [-0.1, -0.05) is 43.3 Å². The Bertz CT molecular complexity index is 915. The van der Waals surface area contributed by atoms with Crippen molar-refractivity contribution >= 4 is 16.9 Å². The first-order valence-electron chi connectivity index (χ1n) is 9.75. The molecule has 5 nitrogen and oxygen atoms in total. The molecule has 1 unspecified atom stereocenters. The quantitative estimate of drug-likeness (QED) is 0.758. The summed E-state index contributed by atoms with van der Waals surface area (Å²) in [7, 11) is 0. The highest BCUT2D eigenvalue weighted by molar-refractivity contribution is 5.78. The fourth-order valence-electron chi connectivity index (χ4n) is 3.82. The number of nitrogens with zero attached hydrogens (tertiary/aromatic N) is 3. The molecule has 2 aromatic carbocycles. The molecule has 0 bridgehead atoms. The third kappa shape index (κ3) is 3.74. The molecule has 5 heteroatoms. The van der Waals surface area contributed by atoms with Crippen LogP contribution >= 0.6 is 0 Å². The first kappa shape index (κ1) is 17.7. The van der Waals surface area contributed by atoms with Gasteiger partial charge in [-0.3, -0.25) is 4.79 Å². The molecule has 4 rings (SSSR count). The number of rotatable bonds is 5. The SMILES string of the molecule is CCc1ccc(C2CNCCN2C(=O)CCn2cnc3ccccc32)cc1. The number of carbonyl (C=O) groups excluding carboxylic acids is 1. The molecule has 1 saturated heterocycles. The summed E-state index contributed by atoms with van der Waals surface area (Å²) in [6.07, 6.45) is 3.35. The molecule has 3 aromatic rings. The number of para-hydroxylation sites is 2. The number of benzene rings is 2. The van der Waals surface area contributed by atoms with E-state index in [0.29, 0.717) is 13.0 Å². The van der Waals surface area contributed by atoms with Gasteiger partial charge in [0.1, 0.15) is 0 Å². The van der Waals surface area contributed by atoms with Gasteiger partial charge >= 0.3 is 0 Å². The molecule has 1 N–H and O–H groups in total. The second kappa shape index (κ2) is 7.92. The zero-order valence-electron chi connectivity index (χ0n) is 15.8. The van der Waals surface area contributed by atoms with Crippen LogP contribution in [0.3, 0.4) is 0 Å². The Morgan fingerprint density at radius 1 is 1.19 bits per heavy atom. The molecule has 0 spiro atoms. The van der Waals surface area contributed by atoms with Crippen LogP contribution in [0, 0.1) is 0 Å². The van der Waals surface area contributed by atoms with E-state index >= 15 is 0 Å². The van der Waals surface area contributed by atoms with Crippen molar-refractivity contribution in [3.8, 4) is 0 Å². The predicted molar refractivity (Wildman–Crippen MR) is 107 cm³/mol. The summed E-state index contributed by atoms with van der Waals surface area (Å²) in [6, 6.07) is 16.8. The van der Waals surface area contributed by atoms with Crippen molar-refractivity contribution in [3.05, 3.63) is 66.0 Å². The van der Waals surface area contributed by atoms with Crippen molar-refractivity contribution < 1.29 is 4.79 Å². The Morgan fingerprint density at radius 2 is 2.00 bits per heavy atom. The van der Waals surface area contributed by atoms with Gasteiger partial charge in [0, 0.05) is 32.6 Å². The fraction of sp³-hybridized carbons (Fsp3) is 0.364. The minimum absolute atomic E-state index is 0.108. The van der Waals surface area contributed by atoms with Gasteiger partial charge in [-0.15, -0.1) is 0 Å². The van der Waals surface area contributed by atoms with Crippen LogP contribution in [0.1, 0.15) is 30.5 Å². The molecule has 0 radical (unpaired) electrons. The van der Waals surface area contributed by atoms with Crippen LogP contribution in [-0.4, -0.2) is 40.0 Å². The number of aryl methyl sites for hydroxylation is 2. The molecular formula is C22H26N4O. The van der Waals surface area contributed by atoms with Gasteiger partial charge < -0.3 is 14.8 Å². The van der Waals surface area contributed by atoms with Crippen LogP contribution in [0.5, 0.6) is 0 Å². The molecule has 0 saturated carbocycles. The molecule has 1 aromatic heterocycles. The second-order valence-electron chi connectivity index (χ2n) is 7.08. The summed E-state index contributed by atoms with van der Waals surface area (Å²) in [4.78, 5) is 19.5. The molecule has 0 aliphatic carbocycles. The molecule has 1 atom stereocenters. The molecule has 27 heavy (non-hydrogen) atoms. The van der Waals surface area contributed by atoms with Gasteiger partial charge in [-0.05, 0) is 29.7 Å². The molecule has 1 aliphatic rings. The lowest BCUT2D eigenvalue weighted by Gasteiger charge is -2.36. The van der Waals surface area contributed by atoms with E-state index in [9.17, 15) is 4.79 Å². The molecule has 1 aliphatic heterocycles. The number of carbonyl (C=O) groups is 1. The average Bonchev–Trinajstić information content (AvgIpc) is 3.15. The van der Waals surface area contributed by atoms with E-state index in [0.717, 1.165) is 37.1 Å². The highest BCUT2D eigenvalue weighted by Gasteiger charge is 2.27. The van der Waals surface area contributed by atoms with Crippen LogP contribution in [0.2, 0.25) is 0 Å². The number of amides is 1. The summed E-state index contributed by atoms with van der Waals surface area (Å²) >= 11 is 0. The Morgan fingerprint density at radius 3 is 2.81 bits per heavy atom. The number of hydrogen-bond acceptors (Lipinski definition) is 3. The van der Waals surface area contributed by atoms with Gasteiger partial charge in [0.25, 0.3) is 0 Å². The lowest BCUT2D eigenvalue weighted by atomic mass is 10.0. The first-order chi connectivity index (χ1) is 13.3. The summed E-state index contributed by atoms with van der Waals surface area (Å²) in [6.45, 7) is 5.23. The van der Waals surface area contributed by atoms with Crippen molar-refractivity contribution in [1.82, 2.24) is 19.8 Å². The highest BCUT2D eigenvalue weighted by Crippen LogP contribution is 2.24. The highest BCUT2D eigenvalue weighted by atomic mass is 16.2. The predicted octanol–water partition coefficient (Wildman–Crippen LogP) is 3.16. The second-order valence-corrected chi connectivity index (χ2v) is 7.08. The Labute approximate surface area is 160 Å². The summed E-state index contributed by atoms with van der Waals surface area (Å²) < 4.78 is 2.07. The van der Waals surface area contributed by atoms with E-state index in [4.69, 9.17) is 0 Å². The zero-order chi connectivity index (χ0) is 18.6. The third-order valence-corrected chi connectivity index (χ3v) is 5.43. The third-order valence-electron chi connectivity index (χ3n) is 5.43. The minimum atomic E-state index is 0.108. The Balaban J connectivity index is 1.47. The molecule has 1 amide bonds. The van der Waals surface area contributed by atoms with Crippen LogP contribution in [0.15, 0.2) is 54.9 Å². The van der Waals surface area contributed by atoms with Crippen LogP contribution in [0.4, 0.5) is 0 Å². The number of aromatic nitrogens is 2. The number of piperazine rings is 1. The topological polar surface area (TPSA) is 50.2 Å². The van der Waals surface area contributed by atoms with E-state index in [2.05, 4.69) is 52.1 Å². The van der Waals surface area contributed by atoms with Gasteiger partial charge in [0.05, 0.1) is 23.4 Å². The summed E-state index contributed by atoms with van der Waals surface area (Å²) in [5, 5.41) is 3.43. The maximum absolute atomic E-state index is 13.0. The van der Waals surface area contributed by atoms with Crippen LogP contribution < -0.4 is 5.32 Å². The summed E-state index contributed by atoms with van der Waals surface area (Å²) in [5.74, 6) is 0.207. The lowest BCUT2D eigenvalue weighted by molar-refractivity contribution is -0.134. The van der Waals surface area contributed by atoms with Crippen molar-refractivity contribution in [2.24, 2.45) is 0 Å². The van der Waals surface area contributed by atoms with E-state index < -0.39 is 0 Å². The minimum Gasteiger partial charge on any atom is -0.333 e. The van der Waals surface area contributed by atoms with Gasteiger partial charge in [-0.25, -0.2) is 4.98 Å². The summed E-state index contributed by atoms with van der Waals surface area (Å²) in [5.41, 5.74) is 4.59. The maximum Gasteiger partial charge on any atom is 0.224 e.